The van der Waals surface area contributed by atoms with Crippen LogP contribution >= 0.6 is 0 Å². The van der Waals surface area contributed by atoms with Gasteiger partial charge in [0.15, 0.2) is 0 Å². The van der Waals surface area contributed by atoms with Crippen molar-refractivity contribution in [2.45, 2.75) is 13.0 Å². The maximum Gasteiger partial charge on any atom is 0.223 e. The molecule has 0 radical (unpaired) electrons. The molecule has 2 atom stereocenters. The molecule has 0 bridgehead atoms. The van der Waals surface area contributed by atoms with Crippen molar-refractivity contribution < 1.29 is 4.79 Å². The molecule has 5 heteroatoms. The van der Waals surface area contributed by atoms with Gasteiger partial charge in [-0.25, -0.2) is 0 Å². The van der Waals surface area contributed by atoms with Crippen molar-refractivity contribution in [3.05, 3.63) is 30.1 Å². The van der Waals surface area contributed by atoms with Crippen LogP contribution in [0.3, 0.4) is 0 Å². The lowest BCUT2D eigenvalue weighted by Crippen LogP contribution is -2.38. The van der Waals surface area contributed by atoms with Crippen LogP contribution in [0.5, 0.6) is 0 Å². The summed E-state index contributed by atoms with van der Waals surface area (Å²) < 4.78 is 0. The summed E-state index contributed by atoms with van der Waals surface area (Å²) in [6.45, 7) is 3.04. The SMILES string of the molecule is CNC(=O)C(C)CN(C)C(CN)c1ccccn1. The van der Waals surface area contributed by atoms with E-state index in [0.717, 1.165) is 5.69 Å². The lowest BCUT2D eigenvalue weighted by atomic mass is 10.1. The summed E-state index contributed by atoms with van der Waals surface area (Å²) >= 11 is 0. The van der Waals surface area contributed by atoms with E-state index in [-0.39, 0.29) is 17.9 Å². The molecular formula is C13H22N4O. The largest absolute Gasteiger partial charge is 0.359 e. The Bertz CT molecular complexity index is 369. The smallest absolute Gasteiger partial charge is 0.223 e. The molecule has 0 aliphatic carbocycles. The third-order valence-electron chi connectivity index (χ3n) is 3.04. The molecule has 0 saturated carbocycles. The number of carbonyl (C=O) groups excluding carboxylic acids is 1. The highest BCUT2D eigenvalue weighted by atomic mass is 16.1. The Hall–Kier alpha value is -1.46. The monoisotopic (exact) mass is 250 g/mol. The van der Waals surface area contributed by atoms with Gasteiger partial charge in [-0.1, -0.05) is 13.0 Å². The number of hydrogen-bond donors (Lipinski definition) is 2. The quantitative estimate of drug-likeness (QED) is 0.766. The average molecular weight is 250 g/mol. The van der Waals surface area contributed by atoms with E-state index in [1.54, 1.807) is 13.2 Å². The van der Waals surface area contributed by atoms with Gasteiger partial charge in [-0.15, -0.1) is 0 Å². The van der Waals surface area contributed by atoms with Crippen molar-refractivity contribution in [2.75, 3.05) is 27.2 Å². The molecule has 1 rings (SSSR count). The molecule has 3 N–H and O–H groups in total. The highest BCUT2D eigenvalue weighted by Gasteiger charge is 2.21. The second kappa shape index (κ2) is 7.08. The van der Waals surface area contributed by atoms with Crippen LogP contribution in [-0.2, 0) is 4.79 Å². The zero-order chi connectivity index (χ0) is 13.5. The Balaban J connectivity index is 2.69. The van der Waals surface area contributed by atoms with Crippen molar-refractivity contribution in [3.63, 3.8) is 0 Å². The second-order valence-corrected chi connectivity index (χ2v) is 4.46. The van der Waals surface area contributed by atoms with Crippen molar-refractivity contribution in [1.29, 1.82) is 0 Å². The van der Waals surface area contributed by atoms with E-state index in [0.29, 0.717) is 13.1 Å². The van der Waals surface area contributed by atoms with Crippen molar-refractivity contribution in [2.24, 2.45) is 11.7 Å². The number of hydrogen-bond acceptors (Lipinski definition) is 4. The number of likely N-dealkylation sites (N-methyl/N-ethyl adjacent to an activating group) is 1. The number of pyridine rings is 1. The molecule has 18 heavy (non-hydrogen) atoms. The zero-order valence-corrected chi connectivity index (χ0v) is 11.3. The lowest BCUT2D eigenvalue weighted by molar-refractivity contribution is -0.124. The highest BCUT2D eigenvalue weighted by molar-refractivity contribution is 5.78. The number of rotatable bonds is 6. The Kier molecular flexibility index (Phi) is 5.74. The van der Waals surface area contributed by atoms with Gasteiger partial charge in [-0.05, 0) is 19.2 Å². The average Bonchev–Trinajstić information content (AvgIpc) is 2.39. The third kappa shape index (κ3) is 3.78. The Morgan fingerprint density at radius 1 is 1.56 bits per heavy atom. The summed E-state index contributed by atoms with van der Waals surface area (Å²) in [4.78, 5) is 17.9. The Morgan fingerprint density at radius 2 is 2.28 bits per heavy atom. The van der Waals surface area contributed by atoms with E-state index in [2.05, 4.69) is 15.2 Å². The van der Waals surface area contributed by atoms with Crippen LogP contribution < -0.4 is 11.1 Å². The minimum Gasteiger partial charge on any atom is -0.359 e. The van der Waals surface area contributed by atoms with Crippen molar-refractivity contribution >= 4 is 5.91 Å². The van der Waals surface area contributed by atoms with Gasteiger partial charge in [-0.3, -0.25) is 14.7 Å². The molecule has 0 spiro atoms. The van der Waals surface area contributed by atoms with E-state index in [1.165, 1.54) is 0 Å². The van der Waals surface area contributed by atoms with E-state index in [1.807, 2.05) is 32.2 Å². The number of nitrogens with two attached hydrogens (primary N) is 1. The maximum absolute atomic E-state index is 11.5. The van der Waals surface area contributed by atoms with Crippen LogP contribution in [0, 0.1) is 5.92 Å². The van der Waals surface area contributed by atoms with Crippen molar-refractivity contribution in [3.8, 4) is 0 Å². The van der Waals surface area contributed by atoms with Crippen LogP contribution in [0.25, 0.3) is 0 Å². The molecule has 0 aliphatic rings. The Morgan fingerprint density at radius 3 is 2.78 bits per heavy atom. The minimum absolute atomic E-state index is 0.0401. The summed E-state index contributed by atoms with van der Waals surface area (Å²) in [5, 5.41) is 2.65. The minimum atomic E-state index is -0.0715. The fourth-order valence-corrected chi connectivity index (χ4v) is 1.99. The molecule has 1 aromatic heterocycles. The number of nitrogens with one attached hydrogen (secondary N) is 1. The van der Waals surface area contributed by atoms with E-state index in [9.17, 15) is 4.79 Å². The number of amides is 1. The summed E-state index contributed by atoms with van der Waals surface area (Å²) in [5.74, 6) is -0.0311. The fourth-order valence-electron chi connectivity index (χ4n) is 1.99. The maximum atomic E-state index is 11.5. The number of aromatic nitrogens is 1. The zero-order valence-electron chi connectivity index (χ0n) is 11.3. The molecule has 100 valence electrons. The standard InChI is InChI=1S/C13H22N4O/c1-10(13(18)15-2)9-17(3)12(8-14)11-6-4-5-7-16-11/h4-7,10,12H,8-9,14H2,1-3H3,(H,15,18). The van der Waals surface area contributed by atoms with Crippen LogP contribution in [0.4, 0.5) is 0 Å². The predicted octanol–water partition coefficient (Wildman–Crippen LogP) is 0.395. The molecule has 5 nitrogen and oxygen atoms in total. The molecule has 1 heterocycles. The molecule has 1 aromatic rings. The highest BCUT2D eigenvalue weighted by Crippen LogP contribution is 2.16. The van der Waals surface area contributed by atoms with Crippen LogP contribution in [0.15, 0.2) is 24.4 Å². The molecule has 0 aliphatic heterocycles. The van der Waals surface area contributed by atoms with Gasteiger partial charge in [0.1, 0.15) is 0 Å². The van der Waals surface area contributed by atoms with E-state index >= 15 is 0 Å². The van der Waals surface area contributed by atoms with Gasteiger partial charge < -0.3 is 11.1 Å². The topological polar surface area (TPSA) is 71.2 Å². The summed E-state index contributed by atoms with van der Waals surface area (Å²) in [6, 6.07) is 5.82. The first-order chi connectivity index (χ1) is 8.60. The van der Waals surface area contributed by atoms with Gasteiger partial charge in [0.25, 0.3) is 0 Å². The molecule has 2 unspecified atom stereocenters. The predicted molar refractivity (Wildman–Crippen MR) is 71.9 cm³/mol. The Labute approximate surface area is 108 Å². The summed E-state index contributed by atoms with van der Waals surface area (Å²) in [7, 11) is 3.61. The van der Waals surface area contributed by atoms with Gasteiger partial charge in [0, 0.05) is 32.3 Å². The van der Waals surface area contributed by atoms with E-state index in [4.69, 9.17) is 5.73 Å². The molecular weight excluding hydrogens is 228 g/mol. The first-order valence-corrected chi connectivity index (χ1v) is 6.13. The van der Waals surface area contributed by atoms with Crippen molar-refractivity contribution in [1.82, 2.24) is 15.2 Å². The van der Waals surface area contributed by atoms with Gasteiger partial charge in [0.05, 0.1) is 11.7 Å². The van der Waals surface area contributed by atoms with Gasteiger partial charge in [0.2, 0.25) is 5.91 Å². The summed E-state index contributed by atoms with van der Waals surface area (Å²) in [5.41, 5.74) is 6.74. The number of carbonyl (C=O) groups is 1. The first-order valence-electron chi connectivity index (χ1n) is 6.13. The normalized spacial score (nSPS) is 14.3. The van der Waals surface area contributed by atoms with Gasteiger partial charge >= 0.3 is 0 Å². The third-order valence-corrected chi connectivity index (χ3v) is 3.04. The van der Waals surface area contributed by atoms with Crippen LogP contribution in [0.1, 0.15) is 18.7 Å². The molecule has 0 fully saturated rings. The summed E-state index contributed by atoms with van der Waals surface area (Å²) in [6.07, 6.45) is 1.76. The molecule has 0 saturated heterocycles. The van der Waals surface area contributed by atoms with Crippen LogP contribution in [-0.4, -0.2) is 43.0 Å². The molecule has 1 amide bonds. The van der Waals surface area contributed by atoms with E-state index < -0.39 is 0 Å². The fraction of sp³-hybridized carbons (Fsp3) is 0.538. The molecule has 0 aromatic carbocycles. The van der Waals surface area contributed by atoms with Gasteiger partial charge in [-0.2, -0.15) is 0 Å². The first kappa shape index (κ1) is 14.6. The second-order valence-electron chi connectivity index (χ2n) is 4.46. The lowest BCUT2D eigenvalue weighted by Gasteiger charge is -2.28. The number of nitrogens with zero attached hydrogens (tertiary/aromatic N) is 2. The van der Waals surface area contributed by atoms with Crippen LogP contribution in [0.2, 0.25) is 0 Å².